The molecule has 0 fully saturated rings. The Morgan fingerprint density at radius 1 is 0.969 bits per heavy atom. The van der Waals surface area contributed by atoms with Gasteiger partial charge in [0.15, 0.2) is 0 Å². The van der Waals surface area contributed by atoms with E-state index in [4.69, 9.17) is 0 Å². The standard InChI is InChI=1S/C26H26N4O2/c1-18(2)19-13-15-20(16-14-19)27-24(31)17-30-23-12-8-7-11-22(23)25(28-26(30)32)29(3)21-9-5-4-6-10-21/h4-16,18H,17H2,1-3H3,(H,27,31). The molecule has 4 rings (SSSR count). The lowest BCUT2D eigenvalue weighted by atomic mass is 10.0. The molecule has 0 aliphatic rings. The van der Waals surface area contributed by atoms with Crippen LogP contribution in [0.2, 0.25) is 0 Å². The maximum absolute atomic E-state index is 12.9. The van der Waals surface area contributed by atoms with Gasteiger partial charge in [0.25, 0.3) is 0 Å². The Bertz CT molecular complexity index is 1300. The first-order chi connectivity index (χ1) is 15.4. The number of carbonyl (C=O) groups is 1. The van der Waals surface area contributed by atoms with Crippen molar-refractivity contribution in [3.05, 3.63) is 94.9 Å². The van der Waals surface area contributed by atoms with E-state index in [2.05, 4.69) is 24.1 Å². The van der Waals surface area contributed by atoms with Crippen LogP contribution in [0.1, 0.15) is 25.3 Å². The topological polar surface area (TPSA) is 67.2 Å². The second kappa shape index (κ2) is 9.06. The van der Waals surface area contributed by atoms with Crippen molar-refractivity contribution in [3.8, 4) is 0 Å². The van der Waals surface area contributed by atoms with Crippen molar-refractivity contribution in [1.29, 1.82) is 0 Å². The number of amides is 1. The summed E-state index contributed by atoms with van der Waals surface area (Å²) in [5, 5.41) is 3.67. The minimum Gasteiger partial charge on any atom is -0.329 e. The molecule has 0 saturated carbocycles. The first-order valence-corrected chi connectivity index (χ1v) is 10.6. The van der Waals surface area contributed by atoms with Gasteiger partial charge in [-0.2, -0.15) is 4.98 Å². The molecule has 1 heterocycles. The molecule has 0 bridgehead atoms. The Balaban J connectivity index is 1.64. The van der Waals surface area contributed by atoms with Gasteiger partial charge in [-0.3, -0.25) is 9.36 Å². The summed E-state index contributed by atoms with van der Waals surface area (Å²) in [6, 6.07) is 25.0. The fourth-order valence-electron chi connectivity index (χ4n) is 3.69. The van der Waals surface area contributed by atoms with E-state index in [1.807, 2.05) is 90.8 Å². The second-order valence-electron chi connectivity index (χ2n) is 8.04. The summed E-state index contributed by atoms with van der Waals surface area (Å²) in [6.45, 7) is 4.13. The SMILES string of the molecule is CC(C)c1ccc(NC(=O)Cn2c(=O)nc(N(C)c3ccccc3)c3ccccc32)cc1. The lowest BCUT2D eigenvalue weighted by Crippen LogP contribution is -2.31. The van der Waals surface area contributed by atoms with E-state index in [1.54, 1.807) is 0 Å². The lowest BCUT2D eigenvalue weighted by molar-refractivity contribution is -0.116. The van der Waals surface area contributed by atoms with Gasteiger partial charge < -0.3 is 10.2 Å². The number of aromatic nitrogens is 2. The summed E-state index contributed by atoms with van der Waals surface area (Å²) in [6.07, 6.45) is 0. The molecule has 0 aliphatic carbocycles. The number of fused-ring (bicyclic) bond motifs is 1. The van der Waals surface area contributed by atoms with Gasteiger partial charge >= 0.3 is 5.69 Å². The van der Waals surface area contributed by atoms with E-state index in [1.165, 1.54) is 10.1 Å². The number of hydrogen-bond acceptors (Lipinski definition) is 4. The van der Waals surface area contributed by atoms with E-state index in [0.717, 1.165) is 11.1 Å². The minimum absolute atomic E-state index is 0.117. The van der Waals surface area contributed by atoms with Gasteiger partial charge in [-0.25, -0.2) is 4.79 Å². The molecule has 162 valence electrons. The summed E-state index contributed by atoms with van der Waals surface area (Å²) >= 11 is 0. The molecule has 4 aromatic rings. The largest absolute Gasteiger partial charge is 0.350 e. The number of nitrogens with one attached hydrogen (secondary N) is 1. The third-order valence-corrected chi connectivity index (χ3v) is 5.49. The molecule has 0 atom stereocenters. The first-order valence-electron chi connectivity index (χ1n) is 10.6. The highest BCUT2D eigenvalue weighted by Crippen LogP contribution is 2.27. The maximum Gasteiger partial charge on any atom is 0.350 e. The Kier molecular flexibility index (Phi) is 6.03. The van der Waals surface area contributed by atoms with Gasteiger partial charge in [0.1, 0.15) is 12.4 Å². The second-order valence-corrected chi connectivity index (χ2v) is 8.04. The minimum atomic E-state index is -0.466. The number of nitrogens with zero attached hydrogens (tertiary/aromatic N) is 3. The summed E-state index contributed by atoms with van der Waals surface area (Å²) in [4.78, 5) is 31.9. The zero-order valence-corrected chi connectivity index (χ0v) is 18.4. The number of hydrogen-bond donors (Lipinski definition) is 1. The van der Waals surface area contributed by atoms with Crippen LogP contribution in [-0.4, -0.2) is 22.5 Å². The van der Waals surface area contributed by atoms with Crippen LogP contribution in [0.4, 0.5) is 17.2 Å². The number of carbonyl (C=O) groups excluding carboxylic acids is 1. The van der Waals surface area contributed by atoms with Crippen LogP contribution in [-0.2, 0) is 11.3 Å². The van der Waals surface area contributed by atoms with Crippen LogP contribution in [0, 0.1) is 0 Å². The molecule has 0 radical (unpaired) electrons. The quantitative estimate of drug-likeness (QED) is 0.475. The summed E-state index contributed by atoms with van der Waals surface area (Å²) in [5.74, 6) is 0.696. The molecule has 32 heavy (non-hydrogen) atoms. The van der Waals surface area contributed by atoms with Crippen LogP contribution in [0.25, 0.3) is 10.9 Å². The molecule has 0 spiro atoms. The van der Waals surface area contributed by atoms with Crippen molar-refractivity contribution in [2.45, 2.75) is 26.3 Å². The molecular formula is C26H26N4O2. The fourth-order valence-corrected chi connectivity index (χ4v) is 3.69. The van der Waals surface area contributed by atoms with Gasteiger partial charge in [-0.05, 0) is 47.9 Å². The van der Waals surface area contributed by atoms with Gasteiger partial charge in [0.05, 0.1) is 5.52 Å². The van der Waals surface area contributed by atoms with E-state index >= 15 is 0 Å². The maximum atomic E-state index is 12.9. The van der Waals surface area contributed by atoms with Crippen molar-refractivity contribution in [2.24, 2.45) is 0 Å². The lowest BCUT2D eigenvalue weighted by Gasteiger charge is -2.21. The fraction of sp³-hybridized carbons (Fsp3) is 0.192. The average Bonchev–Trinajstić information content (AvgIpc) is 2.81. The molecule has 6 heteroatoms. The smallest absolute Gasteiger partial charge is 0.329 e. The number of para-hydroxylation sites is 2. The summed E-state index contributed by atoms with van der Waals surface area (Å²) in [7, 11) is 1.88. The van der Waals surface area contributed by atoms with Crippen molar-refractivity contribution in [2.75, 3.05) is 17.3 Å². The average molecular weight is 427 g/mol. The number of benzene rings is 3. The van der Waals surface area contributed by atoms with Crippen molar-refractivity contribution in [1.82, 2.24) is 9.55 Å². The normalized spacial score (nSPS) is 11.0. The summed E-state index contributed by atoms with van der Waals surface area (Å²) < 4.78 is 1.41. The van der Waals surface area contributed by atoms with Gasteiger partial charge in [-0.15, -0.1) is 0 Å². The molecule has 0 aliphatic heterocycles. The van der Waals surface area contributed by atoms with Gasteiger partial charge in [0.2, 0.25) is 5.91 Å². The third-order valence-electron chi connectivity index (χ3n) is 5.49. The Morgan fingerprint density at radius 2 is 1.62 bits per heavy atom. The molecule has 6 nitrogen and oxygen atoms in total. The predicted molar refractivity (Wildman–Crippen MR) is 130 cm³/mol. The predicted octanol–water partition coefficient (Wildman–Crippen LogP) is 4.93. The molecule has 1 N–H and O–H groups in total. The monoisotopic (exact) mass is 426 g/mol. The van der Waals surface area contributed by atoms with E-state index in [-0.39, 0.29) is 12.5 Å². The van der Waals surface area contributed by atoms with Crippen LogP contribution in [0.5, 0.6) is 0 Å². The third kappa shape index (κ3) is 4.39. The van der Waals surface area contributed by atoms with Crippen LogP contribution >= 0.6 is 0 Å². The number of anilines is 3. The zero-order chi connectivity index (χ0) is 22.7. The van der Waals surface area contributed by atoms with Crippen molar-refractivity contribution < 1.29 is 4.79 Å². The first kappa shape index (κ1) is 21.3. The molecule has 3 aromatic carbocycles. The van der Waals surface area contributed by atoms with Crippen LogP contribution < -0.4 is 15.9 Å². The van der Waals surface area contributed by atoms with E-state index in [9.17, 15) is 9.59 Å². The van der Waals surface area contributed by atoms with Gasteiger partial charge in [-0.1, -0.05) is 56.3 Å². The van der Waals surface area contributed by atoms with Crippen LogP contribution in [0.3, 0.4) is 0 Å². The Morgan fingerprint density at radius 3 is 2.31 bits per heavy atom. The van der Waals surface area contributed by atoms with Crippen LogP contribution in [0.15, 0.2) is 83.7 Å². The summed E-state index contributed by atoms with van der Waals surface area (Å²) in [5.41, 5.74) is 3.02. The number of rotatable bonds is 6. The highest BCUT2D eigenvalue weighted by molar-refractivity contribution is 5.94. The van der Waals surface area contributed by atoms with E-state index < -0.39 is 5.69 Å². The van der Waals surface area contributed by atoms with Crippen molar-refractivity contribution >= 4 is 34.0 Å². The van der Waals surface area contributed by atoms with E-state index in [0.29, 0.717) is 22.9 Å². The molecule has 1 amide bonds. The zero-order valence-electron chi connectivity index (χ0n) is 18.4. The molecular weight excluding hydrogens is 400 g/mol. The van der Waals surface area contributed by atoms with Crippen molar-refractivity contribution in [3.63, 3.8) is 0 Å². The molecule has 1 aromatic heterocycles. The highest BCUT2D eigenvalue weighted by atomic mass is 16.2. The Labute approximate surface area is 187 Å². The molecule has 0 saturated heterocycles. The highest BCUT2D eigenvalue weighted by Gasteiger charge is 2.16. The van der Waals surface area contributed by atoms with Gasteiger partial charge in [0, 0.05) is 23.8 Å². The molecule has 0 unspecified atom stereocenters. The Hall–Kier alpha value is -3.93.